The standard InChI is InChI=1S/C36H46FN5O10S/c1-20-7-5-6-8-23-17-36(23,33(45)41-53(48,49)35(19-37)11-12-35)40-30(43)27-16-25(18-42(27)32(44)29(21(2)13-20)39-34(46)47)52-28-15-22-14-24(50-3)9-10-26(22)38-31(28)51-4/h6,8-10,14-15,20-21,23,25,27,29,39H,5,7,11-13,16-19H2,1-4H3,(H,40,43)(H,41,45)(H,46,47)/t20-,21-,23-,25-,27+,29+,36-/m1/s1. The van der Waals surface area contributed by atoms with Crippen LogP contribution in [0.2, 0.25) is 0 Å². The molecule has 17 heteroatoms. The molecule has 2 aromatic rings. The molecule has 0 radical (unpaired) electrons. The summed E-state index contributed by atoms with van der Waals surface area (Å²) in [6.45, 7) is 2.50. The number of halogens is 1. The van der Waals surface area contributed by atoms with Crippen molar-refractivity contribution in [2.45, 2.75) is 87.3 Å². The van der Waals surface area contributed by atoms with Gasteiger partial charge in [-0.15, -0.1) is 0 Å². The quantitative estimate of drug-likeness (QED) is 0.274. The van der Waals surface area contributed by atoms with Crippen molar-refractivity contribution in [2.24, 2.45) is 17.8 Å². The number of nitrogens with zero attached hydrogens (tertiary/aromatic N) is 2. The number of methoxy groups -OCH3 is 2. The Morgan fingerprint density at radius 1 is 1.13 bits per heavy atom. The number of alkyl halides is 1. The first kappa shape index (κ1) is 38.1. The fraction of sp³-hybridized carbons (Fsp3) is 0.583. The molecule has 15 nitrogen and oxygen atoms in total. The second-order valence-corrected chi connectivity index (χ2v) is 16.9. The number of rotatable bonds is 9. The molecule has 2 aliphatic carbocycles. The predicted octanol–water partition coefficient (Wildman–Crippen LogP) is 3.07. The molecular formula is C36H46FN5O10S. The fourth-order valence-corrected chi connectivity index (χ4v) is 8.96. The van der Waals surface area contributed by atoms with E-state index in [2.05, 4.69) is 15.6 Å². The number of fused-ring (bicyclic) bond motifs is 3. The van der Waals surface area contributed by atoms with Crippen LogP contribution in [0.15, 0.2) is 36.4 Å². The molecule has 2 saturated carbocycles. The number of hydrogen-bond donors (Lipinski definition) is 4. The third kappa shape index (κ3) is 7.57. The summed E-state index contributed by atoms with van der Waals surface area (Å²) >= 11 is 0. The van der Waals surface area contributed by atoms with E-state index in [-0.39, 0.29) is 49.8 Å². The molecule has 6 rings (SSSR count). The number of amides is 4. The van der Waals surface area contributed by atoms with Crippen molar-refractivity contribution >= 4 is 44.7 Å². The molecular weight excluding hydrogens is 713 g/mol. The molecule has 2 aliphatic heterocycles. The molecule has 7 atom stereocenters. The number of aromatic nitrogens is 1. The summed E-state index contributed by atoms with van der Waals surface area (Å²) in [5.74, 6) is -2.35. The van der Waals surface area contributed by atoms with Crippen molar-refractivity contribution in [1.29, 1.82) is 0 Å². The van der Waals surface area contributed by atoms with Gasteiger partial charge in [0.25, 0.3) is 11.8 Å². The Kier molecular flexibility index (Phi) is 10.5. The highest BCUT2D eigenvalue weighted by Gasteiger charge is 2.64. The highest BCUT2D eigenvalue weighted by molar-refractivity contribution is 7.91. The SMILES string of the molecule is COc1ccc2nc(OC)c(O[C@@H]3C[C@H]4C(=O)N[C@]5(C(=O)NS(=O)(=O)C6(CF)CC6)C[C@H]5C=CCC[C@@H](C)C[C@@H](C)[C@H](NC(=O)O)C(=O)N4C3)cc2c1. The number of benzene rings is 1. The van der Waals surface area contributed by atoms with Gasteiger partial charge in [-0.05, 0) is 74.6 Å². The van der Waals surface area contributed by atoms with Crippen LogP contribution in [0.25, 0.3) is 10.9 Å². The van der Waals surface area contributed by atoms with Gasteiger partial charge in [0, 0.05) is 17.7 Å². The zero-order valence-corrected chi connectivity index (χ0v) is 30.9. The Hall–Kier alpha value is -4.67. The van der Waals surface area contributed by atoms with Crippen LogP contribution < -0.4 is 29.6 Å². The molecule has 0 bridgehead atoms. The summed E-state index contributed by atoms with van der Waals surface area (Å²) in [5, 5.41) is 15.6. The lowest BCUT2D eigenvalue weighted by Gasteiger charge is -2.32. The molecule has 4 amide bonds. The highest BCUT2D eigenvalue weighted by atomic mass is 32.2. The number of hydrogen-bond acceptors (Lipinski definition) is 10. The second-order valence-electron chi connectivity index (χ2n) is 14.8. The zero-order chi connectivity index (χ0) is 38.3. The van der Waals surface area contributed by atoms with Crippen molar-refractivity contribution in [3.63, 3.8) is 0 Å². The third-order valence-corrected chi connectivity index (χ3v) is 13.1. The zero-order valence-electron chi connectivity index (χ0n) is 30.1. The highest BCUT2D eigenvalue weighted by Crippen LogP contribution is 2.48. The third-order valence-electron chi connectivity index (χ3n) is 11.0. The lowest BCUT2D eigenvalue weighted by molar-refractivity contribution is -0.142. The number of carbonyl (C=O) groups excluding carboxylic acids is 3. The van der Waals surface area contributed by atoms with E-state index in [9.17, 15) is 37.1 Å². The molecule has 0 spiro atoms. The molecule has 3 fully saturated rings. The topological polar surface area (TPSA) is 203 Å². The summed E-state index contributed by atoms with van der Waals surface area (Å²) < 4.78 is 57.6. The normalized spacial score (nSPS) is 29.8. The van der Waals surface area contributed by atoms with Crippen LogP contribution >= 0.6 is 0 Å². The molecule has 3 heterocycles. The first-order valence-corrected chi connectivity index (χ1v) is 19.2. The van der Waals surface area contributed by atoms with Crippen LogP contribution in [0.3, 0.4) is 0 Å². The number of pyridine rings is 1. The molecule has 288 valence electrons. The van der Waals surface area contributed by atoms with E-state index in [1.165, 1.54) is 19.1 Å². The molecule has 1 aromatic heterocycles. The van der Waals surface area contributed by atoms with Crippen LogP contribution in [0, 0.1) is 17.8 Å². The Labute approximate surface area is 307 Å². The van der Waals surface area contributed by atoms with E-state index in [0.717, 1.165) is 0 Å². The summed E-state index contributed by atoms with van der Waals surface area (Å²) in [4.78, 5) is 60.3. The number of carbonyl (C=O) groups is 4. The van der Waals surface area contributed by atoms with Gasteiger partial charge in [0.1, 0.15) is 40.9 Å². The number of carboxylic acid groups (broad SMARTS) is 1. The monoisotopic (exact) mass is 759 g/mol. The predicted molar refractivity (Wildman–Crippen MR) is 190 cm³/mol. The van der Waals surface area contributed by atoms with E-state index in [1.54, 1.807) is 37.3 Å². The Morgan fingerprint density at radius 2 is 1.89 bits per heavy atom. The van der Waals surface area contributed by atoms with E-state index >= 15 is 0 Å². The second kappa shape index (κ2) is 14.6. The van der Waals surface area contributed by atoms with Gasteiger partial charge in [-0.3, -0.25) is 19.1 Å². The molecule has 4 N–H and O–H groups in total. The van der Waals surface area contributed by atoms with Gasteiger partial charge in [-0.1, -0.05) is 26.0 Å². The smallest absolute Gasteiger partial charge is 0.405 e. The van der Waals surface area contributed by atoms with Crippen molar-refractivity contribution in [2.75, 3.05) is 27.4 Å². The van der Waals surface area contributed by atoms with Crippen LogP contribution in [0.4, 0.5) is 9.18 Å². The number of ether oxygens (including phenoxy) is 3. The largest absolute Gasteiger partial charge is 0.497 e. The molecule has 1 saturated heterocycles. The van der Waals surface area contributed by atoms with E-state index in [0.29, 0.717) is 35.9 Å². The van der Waals surface area contributed by atoms with Crippen LogP contribution in [-0.4, -0.2) is 103 Å². The minimum Gasteiger partial charge on any atom is -0.497 e. The van der Waals surface area contributed by atoms with Crippen molar-refractivity contribution in [1.82, 2.24) is 25.2 Å². The van der Waals surface area contributed by atoms with Gasteiger partial charge in [0.05, 0.1) is 26.3 Å². The average molecular weight is 760 g/mol. The molecule has 1 aromatic carbocycles. The van der Waals surface area contributed by atoms with Crippen molar-refractivity contribution in [3.05, 3.63) is 36.4 Å². The van der Waals surface area contributed by atoms with E-state index < -0.39 is 80.8 Å². The molecule has 4 aliphatic rings. The summed E-state index contributed by atoms with van der Waals surface area (Å²) in [6.07, 6.45) is 3.38. The van der Waals surface area contributed by atoms with Gasteiger partial charge in [0.15, 0.2) is 5.75 Å². The average Bonchev–Trinajstić information content (AvgIpc) is 4.02. The van der Waals surface area contributed by atoms with Crippen LogP contribution in [0.1, 0.15) is 58.8 Å². The van der Waals surface area contributed by atoms with Crippen molar-refractivity contribution in [3.8, 4) is 17.4 Å². The Balaban J connectivity index is 1.34. The maximum absolute atomic E-state index is 14.4. The van der Waals surface area contributed by atoms with Gasteiger partial charge < -0.3 is 34.9 Å². The lowest BCUT2D eigenvalue weighted by Crippen LogP contribution is -2.59. The number of allylic oxidation sites excluding steroid dienone is 1. The van der Waals surface area contributed by atoms with Crippen LogP contribution in [-0.2, 0) is 24.4 Å². The summed E-state index contributed by atoms with van der Waals surface area (Å²) in [5.41, 5.74) is -1.07. The molecule has 53 heavy (non-hydrogen) atoms. The summed E-state index contributed by atoms with van der Waals surface area (Å²) in [7, 11) is -1.44. The van der Waals surface area contributed by atoms with Gasteiger partial charge in [-0.25, -0.2) is 22.6 Å². The van der Waals surface area contributed by atoms with E-state index in [1.807, 2.05) is 17.7 Å². The van der Waals surface area contributed by atoms with E-state index in [4.69, 9.17) is 14.2 Å². The van der Waals surface area contributed by atoms with Gasteiger partial charge in [-0.2, -0.15) is 0 Å². The first-order valence-electron chi connectivity index (χ1n) is 17.8. The number of nitrogens with one attached hydrogen (secondary N) is 3. The minimum atomic E-state index is -4.39. The summed E-state index contributed by atoms with van der Waals surface area (Å²) in [6, 6.07) is 4.52. The Bertz CT molecular complexity index is 1920. The van der Waals surface area contributed by atoms with Gasteiger partial charge in [0.2, 0.25) is 21.8 Å². The van der Waals surface area contributed by atoms with Crippen molar-refractivity contribution < 1.29 is 51.3 Å². The van der Waals surface area contributed by atoms with Crippen LogP contribution in [0.5, 0.6) is 17.4 Å². The maximum Gasteiger partial charge on any atom is 0.405 e. The van der Waals surface area contributed by atoms with Gasteiger partial charge >= 0.3 is 6.09 Å². The maximum atomic E-state index is 14.4. The number of sulfonamides is 1. The lowest BCUT2D eigenvalue weighted by atomic mass is 9.88. The Morgan fingerprint density at radius 3 is 2.55 bits per heavy atom. The fourth-order valence-electron chi connectivity index (χ4n) is 7.54. The minimum absolute atomic E-state index is 0.0666. The first-order chi connectivity index (χ1) is 25.2. The molecule has 0 unspecified atom stereocenters.